The maximum absolute atomic E-state index is 12.1. The van der Waals surface area contributed by atoms with Crippen LogP contribution in [0.2, 0.25) is 0 Å². The third-order valence-electron chi connectivity index (χ3n) is 4.33. The van der Waals surface area contributed by atoms with Gasteiger partial charge in [-0.15, -0.1) is 0 Å². The first kappa shape index (κ1) is 16.0. The first-order valence-electron chi connectivity index (χ1n) is 7.89. The van der Waals surface area contributed by atoms with Crippen LogP contribution in [0.15, 0.2) is 0 Å². The molecular formula is C16H28N4O. The molecule has 1 amide bonds. The van der Waals surface area contributed by atoms with Crippen LogP contribution in [-0.4, -0.2) is 27.3 Å². The number of hydrogen-bond acceptors (Lipinski definition) is 3. The van der Waals surface area contributed by atoms with Crippen LogP contribution >= 0.6 is 0 Å². The van der Waals surface area contributed by atoms with Gasteiger partial charge in [0.2, 0.25) is 5.91 Å². The van der Waals surface area contributed by atoms with E-state index in [1.165, 1.54) is 18.4 Å². The van der Waals surface area contributed by atoms with Crippen molar-refractivity contribution in [2.75, 3.05) is 0 Å². The van der Waals surface area contributed by atoms with E-state index in [2.05, 4.69) is 22.7 Å². The van der Waals surface area contributed by atoms with E-state index in [0.29, 0.717) is 12.6 Å². The Morgan fingerprint density at radius 2 is 2.05 bits per heavy atom. The average Bonchev–Trinajstić information content (AvgIpc) is 3.17. The summed E-state index contributed by atoms with van der Waals surface area (Å²) in [6.07, 6.45) is 3.47. The molecule has 118 valence electrons. The number of aryl methyl sites for hydroxylation is 1. The summed E-state index contributed by atoms with van der Waals surface area (Å²) in [4.78, 5) is 12.1. The summed E-state index contributed by atoms with van der Waals surface area (Å²) < 4.78 is 1.82. The van der Waals surface area contributed by atoms with E-state index in [1.54, 1.807) is 0 Å². The minimum Gasteiger partial charge on any atom is -0.350 e. The highest BCUT2D eigenvalue weighted by Gasteiger charge is 2.23. The Kier molecular flexibility index (Phi) is 4.71. The normalized spacial score (nSPS) is 15.3. The molecule has 1 aliphatic carbocycles. The molecule has 1 saturated carbocycles. The van der Waals surface area contributed by atoms with Crippen molar-refractivity contribution >= 4 is 5.91 Å². The standard InChI is InChI=1S/C16H28N4O/c1-6-16(4,5)18-15(21)10-20-12(3)14(11(2)19-20)9-17-13-7-8-13/h13,17H,6-10H2,1-5H3,(H,18,21). The molecule has 0 unspecified atom stereocenters. The summed E-state index contributed by atoms with van der Waals surface area (Å²) in [5.41, 5.74) is 3.17. The molecule has 5 nitrogen and oxygen atoms in total. The molecule has 0 radical (unpaired) electrons. The second-order valence-corrected chi connectivity index (χ2v) is 6.75. The van der Waals surface area contributed by atoms with Crippen LogP contribution in [-0.2, 0) is 17.9 Å². The molecule has 1 heterocycles. The number of aromatic nitrogens is 2. The molecule has 0 bridgehead atoms. The topological polar surface area (TPSA) is 59.0 Å². The lowest BCUT2D eigenvalue weighted by Crippen LogP contribution is -2.44. The number of nitrogens with zero attached hydrogens (tertiary/aromatic N) is 2. The second kappa shape index (κ2) is 6.18. The van der Waals surface area contributed by atoms with Crippen molar-refractivity contribution in [1.82, 2.24) is 20.4 Å². The van der Waals surface area contributed by atoms with Gasteiger partial charge in [0.25, 0.3) is 0 Å². The van der Waals surface area contributed by atoms with Gasteiger partial charge in [-0.25, -0.2) is 0 Å². The van der Waals surface area contributed by atoms with Crippen molar-refractivity contribution in [3.05, 3.63) is 17.0 Å². The van der Waals surface area contributed by atoms with Gasteiger partial charge in [0.05, 0.1) is 5.69 Å². The fourth-order valence-corrected chi connectivity index (χ4v) is 2.32. The third kappa shape index (κ3) is 4.30. The molecule has 5 heteroatoms. The Balaban J connectivity index is 1.99. The summed E-state index contributed by atoms with van der Waals surface area (Å²) in [5.74, 6) is 0.0224. The number of nitrogens with one attached hydrogen (secondary N) is 2. The molecule has 0 atom stereocenters. The summed E-state index contributed by atoms with van der Waals surface area (Å²) in [7, 11) is 0. The minimum atomic E-state index is -0.163. The molecule has 2 rings (SSSR count). The quantitative estimate of drug-likeness (QED) is 0.808. The molecule has 2 N–H and O–H groups in total. The summed E-state index contributed by atoms with van der Waals surface area (Å²) in [5, 5.41) is 11.1. The molecular weight excluding hydrogens is 264 g/mol. The SMILES string of the molecule is CCC(C)(C)NC(=O)Cn1nc(C)c(CNC2CC2)c1C. The van der Waals surface area contributed by atoms with E-state index in [-0.39, 0.29) is 11.4 Å². The van der Waals surface area contributed by atoms with Gasteiger partial charge in [-0.1, -0.05) is 6.92 Å². The van der Waals surface area contributed by atoms with E-state index >= 15 is 0 Å². The van der Waals surface area contributed by atoms with E-state index in [4.69, 9.17) is 0 Å². The van der Waals surface area contributed by atoms with Crippen molar-refractivity contribution in [2.24, 2.45) is 0 Å². The van der Waals surface area contributed by atoms with Crippen LogP contribution in [0.1, 0.15) is 57.0 Å². The molecule has 0 saturated heterocycles. The molecule has 1 aliphatic rings. The van der Waals surface area contributed by atoms with Crippen LogP contribution in [0.4, 0.5) is 0 Å². The Morgan fingerprint density at radius 1 is 1.38 bits per heavy atom. The third-order valence-corrected chi connectivity index (χ3v) is 4.33. The Bertz CT molecular complexity index is 515. The summed E-state index contributed by atoms with van der Waals surface area (Å²) >= 11 is 0. The van der Waals surface area contributed by atoms with Crippen molar-refractivity contribution in [3.8, 4) is 0 Å². The maximum atomic E-state index is 12.1. The number of carbonyl (C=O) groups is 1. The van der Waals surface area contributed by atoms with Crippen molar-refractivity contribution in [3.63, 3.8) is 0 Å². The number of rotatable bonds is 7. The van der Waals surface area contributed by atoms with Crippen LogP contribution in [0, 0.1) is 13.8 Å². The van der Waals surface area contributed by atoms with Gasteiger partial charge in [0.15, 0.2) is 0 Å². The van der Waals surface area contributed by atoms with Crippen LogP contribution in [0.25, 0.3) is 0 Å². The predicted octanol–water partition coefficient (Wildman–Crippen LogP) is 2.06. The smallest absolute Gasteiger partial charge is 0.242 e. The fraction of sp³-hybridized carbons (Fsp3) is 0.750. The zero-order valence-electron chi connectivity index (χ0n) is 13.9. The maximum Gasteiger partial charge on any atom is 0.242 e. The molecule has 0 aliphatic heterocycles. The van der Waals surface area contributed by atoms with Crippen LogP contribution in [0.3, 0.4) is 0 Å². The van der Waals surface area contributed by atoms with Gasteiger partial charge < -0.3 is 10.6 Å². The molecule has 0 aromatic carbocycles. The van der Waals surface area contributed by atoms with Gasteiger partial charge in [0, 0.05) is 29.4 Å². The molecule has 1 aromatic heterocycles. The fourth-order valence-electron chi connectivity index (χ4n) is 2.32. The average molecular weight is 292 g/mol. The van der Waals surface area contributed by atoms with Gasteiger partial charge in [-0.05, 0) is 47.0 Å². The lowest BCUT2D eigenvalue weighted by atomic mass is 10.0. The molecule has 1 aromatic rings. The lowest BCUT2D eigenvalue weighted by molar-refractivity contribution is -0.123. The second-order valence-electron chi connectivity index (χ2n) is 6.75. The summed E-state index contributed by atoms with van der Waals surface area (Å²) in [6, 6.07) is 0.681. The first-order valence-corrected chi connectivity index (χ1v) is 7.89. The number of carbonyl (C=O) groups excluding carboxylic acids is 1. The Hall–Kier alpha value is -1.36. The zero-order valence-corrected chi connectivity index (χ0v) is 13.9. The van der Waals surface area contributed by atoms with E-state index in [9.17, 15) is 4.79 Å². The molecule has 0 spiro atoms. The Labute approximate surface area is 127 Å². The van der Waals surface area contributed by atoms with E-state index < -0.39 is 0 Å². The van der Waals surface area contributed by atoms with Crippen molar-refractivity contribution in [1.29, 1.82) is 0 Å². The van der Waals surface area contributed by atoms with E-state index in [0.717, 1.165) is 24.4 Å². The minimum absolute atomic E-state index is 0.0224. The van der Waals surface area contributed by atoms with Crippen LogP contribution in [0.5, 0.6) is 0 Å². The van der Waals surface area contributed by atoms with Crippen molar-refractivity contribution in [2.45, 2.75) is 78.6 Å². The van der Waals surface area contributed by atoms with Gasteiger partial charge in [-0.3, -0.25) is 9.48 Å². The van der Waals surface area contributed by atoms with Gasteiger partial charge in [0.1, 0.15) is 6.54 Å². The monoisotopic (exact) mass is 292 g/mol. The highest BCUT2D eigenvalue weighted by molar-refractivity contribution is 5.76. The molecule has 21 heavy (non-hydrogen) atoms. The lowest BCUT2D eigenvalue weighted by Gasteiger charge is -2.24. The van der Waals surface area contributed by atoms with E-state index in [1.807, 2.05) is 32.4 Å². The number of hydrogen-bond donors (Lipinski definition) is 2. The van der Waals surface area contributed by atoms with Crippen molar-refractivity contribution < 1.29 is 4.79 Å². The highest BCUT2D eigenvalue weighted by atomic mass is 16.2. The van der Waals surface area contributed by atoms with Gasteiger partial charge >= 0.3 is 0 Å². The van der Waals surface area contributed by atoms with Gasteiger partial charge in [-0.2, -0.15) is 5.10 Å². The largest absolute Gasteiger partial charge is 0.350 e. The van der Waals surface area contributed by atoms with Crippen LogP contribution < -0.4 is 10.6 Å². The summed E-state index contributed by atoms with van der Waals surface area (Å²) in [6.45, 7) is 11.4. The molecule has 1 fully saturated rings. The zero-order chi connectivity index (χ0) is 15.6. The first-order chi connectivity index (χ1) is 9.82. The predicted molar refractivity (Wildman–Crippen MR) is 84.1 cm³/mol. The highest BCUT2D eigenvalue weighted by Crippen LogP contribution is 2.21. The Morgan fingerprint density at radius 3 is 2.62 bits per heavy atom. The number of amides is 1.